The van der Waals surface area contributed by atoms with Crippen LogP contribution in [0.4, 0.5) is 0 Å². The summed E-state index contributed by atoms with van der Waals surface area (Å²) in [4.78, 5) is 37.7. The Hall–Kier alpha value is -1.57. The fourth-order valence-corrected chi connectivity index (χ4v) is 3.11. The first kappa shape index (κ1) is 16.8. The summed E-state index contributed by atoms with van der Waals surface area (Å²) in [5, 5.41) is 14.3. The average molecular weight is 307 g/mol. The summed E-state index contributed by atoms with van der Waals surface area (Å²) in [7, 11) is 5.29. The fraction of sp³-hybridized carbons (Fsp3) is 0.786. The van der Waals surface area contributed by atoms with Gasteiger partial charge in [-0.1, -0.05) is 13.8 Å². The largest absolute Gasteiger partial charge is 0.479 e. The molecule has 1 saturated carbocycles. The first-order valence-electron chi connectivity index (χ1n) is 7.55. The molecule has 2 fully saturated rings. The summed E-state index contributed by atoms with van der Waals surface area (Å²) in [6.07, 6.45) is 0.948. The lowest BCUT2D eigenvalue weighted by Crippen LogP contribution is -2.55. The van der Waals surface area contributed by atoms with Crippen LogP contribution in [0.2, 0.25) is 0 Å². The summed E-state index contributed by atoms with van der Waals surface area (Å²) in [5.74, 6) is -1.58. The second-order valence-corrected chi connectivity index (χ2v) is 6.61. The average Bonchev–Trinajstić information content (AvgIpc) is 2.94. The van der Waals surface area contributed by atoms with Crippen LogP contribution in [0.1, 0.15) is 33.6 Å². The lowest BCUT2D eigenvalue weighted by atomic mass is 10.1. The molecule has 0 spiro atoms. The number of carboxylic acids is 1. The first-order chi connectivity index (χ1) is 10.2. The molecular weight excluding hydrogens is 285 g/mol. The minimum absolute atomic E-state index is 0.0958. The molecule has 0 bridgehead atoms. The van der Waals surface area contributed by atoms with E-state index in [0.29, 0.717) is 19.4 Å². The van der Waals surface area contributed by atoms with Crippen molar-refractivity contribution in [3.8, 4) is 0 Å². The highest BCUT2D eigenvalue weighted by Crippen LogP contribution is 2.43. The SMILES string of the molecule is [B]N[C@@H](C)C(=O)N1C[C@H](C)C[C@H]1C(=O)N[C@]1(C(=O)O)CC1C. The van der Waals surface area contributed by atoms with Crippen molar-refractivity contribution in [1.82, 2.24) is 15.4 Å². The normalized spacial score (nSPS) is 35.0. The van der Waals surface area contributed by atoms with Gasteiger partial charge in [0.1, 0.15) is 11.6 Å². The minimum Gasteiger partial charge on any atom is -0.479 e. The highest BCUT2D eigenvalue weighted by molar-refractivity contribution is 6.07. The van der Waals surface area contributed by atoms with E-state index >= 15 is 0 Å². The van der Waals surface area contributed by atoms with Crippen LogP contribution < -0.4 is 10.5 Å². The van der Waals surface area contributed by atoms with Crippen molar-refractivity contribution < 1.29 is 19.5 Å². The molecular formula is C14H22BN3O4. The Kier molecular flexibility index (Phi) is 4.51. The van der Waals surface area contributed by atoms with Gasteiger partial charge in [0.2, 0.25) is 11.8 Å². The number of carbonyl (C=O) groups excluding carboxylic acids is 2. The van der Waals surface area contributed by atoms with Gasteiger partial charge < -0.3 is 20.6 Å². The molecule has 2 rings (SSSR count). The molecule has 1 saturated heterocycles. The number of nitrogens with one attached hydrogen (secondary N) is 2. The molecule has 2 radical (unpaired) electrons. The minimum atomic E-state index is -1.17. The molecule has 5 atom stereocenters. The summed E-state index contributed by atoms with van der Waals surface area (Å²) >= 11 is 0. The molecule has 1 heterocycles. The van der Waals surface area contributed by atoms with Gasteiger partial charge in [-0.25, -0.2) is 4.79 Å². The van der Waals surface area contributed by atoms with Crippen LogP contribution in [-0.2, 0) is 14.4 Å². The number of rotatable bonds is 5. The molecule has 1 aliphatic heterocycles. The van der Waals surface area contributed by atoms with Gasteiger partial charge in [-0.3, -0.25) is 9.59 Å². The zero-order chi connectivity index (χ0) is 16.7. The van der Waals surface area contributed by atoms with E-state index in [4.69, 9.17) is 7.98 Å². The molecule has 120 valence electrons. The van der Waals surface area contributed by atoms with Gasteiger partial charge in [0.25, 0.3) is 0 Å². The number of carboxylic acid groups (broad SMARTS) is 1. The zero-order valence-electron chi connectivity index (χ0n) is 13.1. The number of amides is 2. The summed E-state index contributed by atoms with van der Waals surface area (Å²) < 4.78 is 0. The second kappa shape index (κ2) is 5.91. The van der Waals surface area contributed by atoms with Crippen LogP contribution in [0.3, 0.4) is 0 Å². The van der Waals surface area contributed by atoms with Crippen molar-refractivity contribution in [2.75, 3.05) is 6.54 Å². The first-order valence-corrected chi connectivity index (χ1v) is 7.55. The fourth-order valence-electron chi connectivity index (χ4n) is 3.11. The van der Waals surface area contributed by atoms with E-state index < -0.39 is 29.5 Å². The summed E-state index contributed by atoms with van der Waals surface area (Å²) in [6, 6.07) is -1.23. The third kappa shape index (κ3) is 2.84. The van der Waals surface area contributed by atoms with E-state index in [1.165, 1.54) is 4.90 Å². The van der Waals surface area contributed by atoms with Crippen LogP contribution in [0.5, 0.6) is 0 Å². The predicted octanol–water partition coefficient (Wildman–Crippen LogP) is -0.736. The lowest BCUT2D eigenvalue weighted by molar-refractivity contribution is -0.145. The highest BCUT2D eigenvalue weighted by Gasteiger charge is 2.60. The quantitative estimate of drug-likeness (QED) is 0.581. The molecule has 22 heavy (non-hydrogen) atoms. The van der Waals surface area contributed by atoms with Crippen molar-refractivity contribution in [1.29, 1.82) is 0 Å². The van der Waals surface area contributed by atoms with E-state index in [1.54, 1.807) is 13.8 Å². The molecule has 0 aromatic heterocycles. The highest BCUT2D eigenvalue weighted by atomic mass is 16.4. The van der Waals surface area contributed by atoms with Gasteiger partial charge >= 0.3 is 5.97 Å². The molecule has 8 heteroatoms. The maximum Gasteiger partial charge on any atom is 0.329 e. The maximum atomic E-state index is 12.5. The molecule has 0 aromatic rings. The Bertz CT molecular complexity index is 500. The van der Waals surface area contributed by atoms with E-state index in [2.05, 4.69) is 10.5 Å². The van der Waals surface area contributed by atoms with Gasteiger partial charge in [-0.05, 0) is 31.6 Å². The number of likely N-dealkylation sites (tertiary alicyclic amines) is 1. The third-order valence-electron chi connectivity index (χ3n) is 4.75. The predicted molar refractivity (Wildman–Crippen MR) is 79.9 cm³/mol. The van der Waals surface area contributed by atoms with Crippen LogP contribution in [0.25, 0.3) is 0 Å². The standard InChI is InChI=1S/C14H22BN3O4/c1-7-4-10(18(6-7)12(20)9(3)17-15)11(19)16-14(13(21)22)5-8(14)2/h7-10,17H,4-6H2,1-3H3,(H,16,19)(H,21,22)/t7-,8?,9+,10+,14-/m1/s1. The van der Waals surface area contributed by atoms with Crippen molar-refractivity contribution in [2.45, 2.75) is 51.2 Å². The van der Waals surface area contributed by atoms with Gasteiger partial charge in [0.15, 0.2) is 7.98 Å². The Morgan fingerprint density at radius 2 is 1.95 bits per heavy atom. The Morgan fingerprint density at radius 3 is 2.41 bits per heavy atom. The van der Waals surface area contributed by atoms with Gasteiger partial charge in [0.05, 0.1) is 6.04 Å². The van der Waals surface area contributed by atoms with E-state index in [1.807, 2.05) is 6.92 Å². The smallest absolute Gasteiger partial charge is 0.329 e. The van der Waals surface area contributed by atoms with Crippen molar-refractivity contribution in [3.63, 3.8) is 0 Å². The molecule has 2 aliphatic rings. The molecule has 1 aliphatic carbocycles. The lowest BCUT2D eigenvalue weighted by Gasteiger charge is -2.28. The Morgan fingerprint density at radius 1 is 1.36 bits per heavy atom. The van der Waals surface area contributed by atoms with E-state index in [-0.39, 0.29) is 17.7 Å². The molecule has 2 amide bonds. The van der Waals surface area contributed by atoms with Crippen molar-refractivity contribution >= 4 is 25.8 Å². The van der Waals surface area contributed by atoms with Crippen LogP contribution in [0, 0.1) is 11.8 Å². The van der Waals surface area contributed by atoms with Gasteiger partial charge in [-0.2, -0.15) is 0 Å². The van der Waals surface area contributed by atoms with E-state index in [9.17, 15) is 19.5 Å². The number of hydrogen-bond acceptors (Lipinski definition) is 4. The zero-order valence-corrected chi connectivity index (χ0v) is 13.1. The monoisotopic (exact) mass is 307 g/mol. The maximum absolute atomic E-state index is 12.5. The van der Waals surface area contributed by atoms with E-state index in [0.717, 1.165) is 0 Å². The van der Waals surface area contributed by atoms with Crippen LogP contribution in [-0.4, -0.2) is 59.9 Å². The number of aliphatic carboxylic acids is 1. The number of hydrogen-bond donors (Lipinski definition) is 3. The molecule has 7 nitrogen and oxygen atoms in total. The molecule has 1 unspecified atom stereocenters. The molecule has 0 aromatic carbocycles. The van der Waals surface area contributed by atoms with Gasteiger partial charge in [-0.15, -0.1) is 0 Å². The number of carbonyl (C=O) groups is 3. The summed E-state index contributed by atoms with van der Waals surface area (Å²) in [6.45, 7) is 5.84. The third-order valence-corrected chi connectivity index (χ3v) is 4.75. The number of nitrogens with zero attached hydrogens (tertiary/aromatic N) is 1. The van der Waals surface area contributed by atoms with Crippen LogP contribution in [0.15, 0.2) is 0 Å². The Labute approximate surface area is 131 Å². The topological polar surface area (TPSA) is 98.7 Å². The Balaban J connectivity index is 2.10. The van der Waals surface area contributed by atoms with Crippen molar-refractivity contribution in [3.05, 3.63) is 0 Å². The van der Waals surface area contributed by atoms with Gasteiger partial charge in [0, 0.05) is 6.54 Å². The molecule has 3 N–H and O–H groups in total. The summed E-state index contributed by atoms with van der Waals surface area (Å²) in [5.41, 5.74) is -1.17. The second-order valence-electron chi connectivity index (χ2n) is 6.61. The van der Waals surface area contributed by atoms with Crippen molar-refractivity contribution in [2.24, 2.45) is 11.8 Å². The van der Waals surface area contributed by atoms with Crippen LogP contribution >= 0.6 is 0 Å².